The topological polar surface area (TPSA) is 55.6 Å². The van der Waals surface area contributed by atoms with Gasteiger partial charge < -0.3 is 14.1 Å². The molecule has 28 heavy (non-hydrogen) atoms. The number of ether oxygens (including phenoxy) is 1. The third-order valence-electron chi connectivity index (χ3n) is 4.40. The minimum atomic E-state index is -0.905. The predicted octanol–water partition coefficient (Wildman–Crippen LogP) is 3.87. The molecule has 2 heterocycles. The number of amides is 1. The van der Waals surface area contributed by atoms with E-state index in [1.54, 1.807) is 6.07 Å². The molecular formula is C20H15F3N2O3. The van der Waals surface area contributed by atoms with Crippen LogP contribution in [0.2, 0.25) is 0 Å². The maximum absolute atomic E-state index is 13.9. The number of nitrogens with zero attached hydrogens (tertiary/aromatic N) is 2. The van der Waals surface area contributed by atoms with Crippen molar-refractivity contribution in [2.45, 2.75) is 19.6 Å². The van der Waals surface area contributed by atoms with Gasteiger partial charge in [-0.15, -0.1) is 0 Å². The monoisotopic (exact) mass is 388 g/mol. The minimum Gasteiger partial charge on any atom is -0.484 e. The Morgan fingerprint density at radius 3 is 2.64 bits per heavy atom. The second kappa shape index (κ2) is 7.38. The molecule has 0 unspecified atom stereocenters. The summed E-state index contributed by atoms with van der Waals surface area (Å²) in [7, 11) is 0. The zero-order chi connectivity index (χ0) is 19.7. The molecule has 0 aliphatic carbocycles. The molecule has 1 aliphatic heterocycles. The van der Waals surface area contributed by atoms with E-state index >= 15 is 0 Å². The second-order valence-electron chi connectivity index (χ2n) is 6.30. The van der Waals surface area contributed by atoms with Crippen LogP contribution in [0.1, 0.15) is 27.7 Å². The van der Waals surface area contributed by atoms with E-state index in [9.17, 15) is 18.0 Å². The lowest BCUT2D eigenvalue weighted by atomic mass is 10.1. The van der Waals surface area contributed by atoms with Crippen LogP contribution in [0.5, 0.6) is 5.75 Å². The Labute approximate surface area is 158 Å². The Kier molecular flexibility index (Phi) is 4.77. The van der Waals surface area contributed by atoms with Crippen LogP contribution in [-0.2, 0) is 19.6 Å². The summed E-state index contributed by atoms with van der Waals surface area (Å²) in [4.78, 5) is 18.2. The first kappa shape index (κ1) is 18.1. The van der Waals surface area contributed by atoms with Crippen molar-refractivity contribution >= 4 is 5.91 Å². The molecular weight excluding hydrogens is 373 g/mol. The number of halogens is 3. The van der Waals surface area contributed by atoms with Crippen LogP contribution in [0.25, 0.3) is 0 Å². The van der Waals surface area contributed by atoms with Crippen LogP contribution >= 0.6 is 0 Å². The van der Waals surface area contributed by atoms with Crippen molar-refractivity contribution in [2.75, 3.05) is 6.54 Å². The Morgan fingerprint density at radius 1 is 1.14 bits per heavy atom. The van der Waals surface area contributed by atoms with Crippen molar-refractivity contribution in [2.24, 2.45) is 0 Å². The first-order valence-electron chi connectivity index (χ1n) is 8.60. The highest BCUT2D eigenvalue weighted by Gasteiger charge is 2.29. The van der Waals surface area contributed by atoms with Crippen LogP contribution in [0.3, 0.4) is 0 Å². The van der Waals surface area contributed by atoms with Gasteiger partial charge >= 0.3 is 0 Å². The van der Waals surface area contributed by atoms with Gasteiger partial charge in [0.2, 0.25) is 5.89 Å². The van der Waals surface area contributed by atoms with Gasteiger partial charge in [-0.2, -0.15) is 0 Å². The number of benzene rings is 2. The first-order valence-corrected chi connectivity index (χ1v) is 8.60. The van der Waals surface area contributed by atoms with E-state index in [1.807, 2.05) is 0 Å². The SMILES string of the molecule is O=C(c1c(F)cccc1F)N1CCc2nc(COc3cccc(F)c3)oc2C1. The Balaban J connectivity index is 1.46. The first-order chi connectivity index (χ1) is 13.5. The molecule has 144 valence electrons. The lowest BCUT2D eigenvalue weighted by molar-refractivity contribution is 0.0708. The largest absolute Gasteiger partial charge is 0.484 e. The number of aromatic nitrogens is 1. The minimum absolute atomic E-state index is 0.00760. The van der Waals surface area contributed by atoms with Crippen molar-refractivity contribution in [3.63, 3.8) is 0 Å². The quantitative estimate of drug-likeness (QED) is 0.681. The van der Waals surface area contributed by atoms with Crippen LogP contribution in [0.4, 0.5) is 13.2 Å². The lowest BCUT2D eigenvalue weighted by Gasteiger charge is -2.25. The van der Waals surface area contributed by atoms with Crippen LogP contribution in [0, 0.1) is 17.5 Å². The zero-order valence-electron chi connectivity index (χ0n) is 14.6. The molecule has 0 spiro atoms. The molecule has 0 saturated carbocycles. The van der Waals surface area contributed by atoms with Gasteiger partial charge in [0.15, 0.2) is 6.61 Å². The van der Waals surface area contributed by atoms with Crippen LogP contribution < -0.4 is 4.74 Å². The molecule has 1 amide bonds. The number of oxazole rings is 1. The Morgan fingerprint density at radius 2 is 1.89 bits per heavy atom. The summed E-state index contributed by atoms with van der Waals surface area (Å²) < 4.78 is 52.0. The summed E-state index contributed by atoms with van der Waals surface area (Å²) in [6.07, 6.45) is 0.389. The molecule has 1 aromatic heterocycles. The molecule has 0 fully saturated rings. The molecule has 0 atom stereocenters. The third kappa shape index (κ3) is 3.58. The molecule has 0 N–H and O–H groups in total. The highest BCUT2D eigenvalue weighted by atomic mass is 19.1. The van der Waals surface area contributed by atoms with Gasteiger partial charge in [0.1, 0.15) is 34.5 Å². The van der Waals surface area contributed by atoms with Crippen molar-refractivity contribution in [1.29, 1.82) is 0 Å². The number of rotatable bonds is 4. The highest BCUT2D eigenvalue weighted by Crippen LogP contribution is 2.24. The Bertz CT molecular complexity index is 1020. The van der Waals surface area contributed by atoms with Gasteiger partial charge in [0.05, 0.1) is 12.2 Å². The summed E-state index contributed by atoms with van der Waals surface area (Å²) in [5.41, 5.74) is 0.0797. The average molecular weight is 388 g/mol. The molecule has 2 aromatic carbocycles. The maximum atomic E-state index is 13.9. The molecule has 8 heteroatoms. The third-order valence-corrected chi connectivity index (χ3v) is 4.40. The van der Waals surface area contributed by atoms with Gasteiger partial charge in [0.25, 0.3) is 5.91 Å². The molecule has 0 bridgehead atoms. The van der Waals surface area contributed by atoms with Gasteiger partial charge in [-0.3, -0.25) is 4.79 Å². The fourth-order valence-electron chi connectivity index (χ4n) is 3.05. The van der Waals surface area contributed by atoms with Gasteiger partial charge in [-0.05, 0) is 24.3 Å². The van der Waals surface area contributed by atoms with Crippen LogP contribution in [-0.4, -0.2) is 22.3 Å². The van der Waals surface area contributed by atoms with E-state index in [1.165, 1.54) is 29.2 Å². The standard InChI is InChI=1S/C20H15F3N2O3/c21-12-3-1-4-13(9-12)27-11-18-24-16-7-8-25(10-17(16)28-18)20(26)19-14(22)5-2-6-15(19)23/h1-6,9H,7-8,10-11H2. The van der Waals surface area contributed by atoms with E-state index in [0.717, 1.165) is 12.1 Å². The summed E-state index contributed by atoms with van der Waals surface area (Å²) >= 11 is 0. The summed E-state index contributed by atoms with van der Waals surface area (Å²) in [6.45, 7) is 0.303. The van der Waals surface area contributed by atoms with E-state index in [2.05, 4.69) is 4.98 Å². The van der Waals surface area contributed by atoms with Crippen molar-refractivity contribution in [3.05, 3.63) is 82.8 Å². The molecule has 3 aromatic rings. The van der Waals surface area contributed by atoms with Crippen molar-refractivity contribution < 1.29 is 27.1 Å². The normalized spacial score (nSPS) is 13.3. The maximum Gasteiger partial charge on any atom is 0.260 e. The summed E-state index contributed by atoms with van der Waals surface area (Å²) in [5, 5.41) is 0. The van der Waals surface area contributed by atoms with E-state index in [-0.39, 0.29) is 25.6 Å². The van der Waals surface area contributed by atoms with E-state index in [0.29, 0.717) is 23.6 Å². The fraction of sp³-hybridized carbons (Fsp3) is 0.200. The molecule has 0 radical (unpaired) electrons. The summed E-state index contributed by atoms with van der Waals surface area (Å²) in [6, 6.07) is 8.97. The van der Waals surface area contributed by atoms with Gasteiger partial charge in [-0.1, -0.05) is 12.1 Å². The number of hydrogen-bond donors (Lipinski definition) is 0. The smallest absolute Gasteiger partial charge is 0.260 e. The molecule has 4 rings (SSSR count). The predicted molar refractivity (Wildman–Crippen MR) is 92.0 cm³/mol. The van der Waals surface area contributed by atoms with Gasteiger partial charge in [0, 0.05) is 19.0 Å². The fourth-order valence-corrected chi connectivity index (χ4v) is 3.05. The van der Waals surface area contributed by atoms with E-state index in [4.69, 9.17) is 9.15 Å². The second-order valence-corrected chi connectivity index (χ2v) is 6.30. The number of hydrogen-bond acceptors (Lipinski definition) is 4. The van der Waals surface area contributed by atoms with Crippen LogP contribution in [0.15, 0.2) is 46.9 Å². The zero-order valence-corrected chi connectivity index (χ0v) is 14.6. The van der Waals surface area contributed by atoms with E-state index < -0.39 is 28.9 Å². The molecule has 5 nitrogen and oxygen atoms in total. The summed E-state index contributed by atoms with van der Waals surface area (Å²) in [5.74, 6) is -1.91. The lowest BCUT2D eigenvalue weighted by Crippen LogP contribution is -2.36. The number of carbonyl (C=O) groups is 1. The van der Waals surface area contributed by atoms with Crippen molar-refractivity contribution in [1.82, 2.24) is 9.88 Å². The molecule has 1 aliphatic rings. The molecule has 0 saturated heterocycles. The van der Waals surface area contributed by atoms with Crippen molar-refractivity contribution in [3.8, 4) is 5.75 Å². The number of carbonyl (C=O) groups excluding carboxylic acids is 1. The highest BCUT2D eigenvalue weighted by molar-refractivity contribution is 5.94. The Hall–Kier alpha value is -3.29. The average Bonchev–Trinajstić information content (AvgIpc) is 3.08. The van der Waals surface area contributed by atoms with Gasteiger partial charge in [-0.25, -0.2) is 18.2 Å². The number of fused-ring (bicyclic) bond motifs is 1.